The molecular formula is C31H32F5N3O7. The van der Waals surface area contributed by atoms with Crippen molar-refractivity contribution < 1.29 is 55.2 Å². The number of methoxy groups -OCH3 is 2. The molecule has 5 atom stereocenters. The molecule has 1 amide bonds. The van der Waals surface area contributed by atoms with Gasteiger partial charge in [-0.3, -0.25) is 9.88 Å². The minimum Gasteiger partial charge on any atom is -0.426 e. The lowest BCUT2D eigenvalue weighted by Gasteiger charge is -2.43. The number of hydrogen-bond acceptors (Lipinski definition) is 8. The Morgan fingerprint density at radius 3 is 2.35 bits per heavy atom. The largest absolute Gasteiger partial charge is 0.499 e. The molecule has 2 heterocycles. The standard InChI is InChI=1S/C31H32F5N3O7/c1-5-14-43-26-25(41-3)17(2)44-28(27(26)42-4)45-29(40)38-19-7-12-22-18(15-19)6-13-23-24(22)37-16-39(23)20-8-10-21(11-9-20)46-31(35,36)30(32,33)34/h6-13,15-17,25-28H,5,14H2,1-4H3,(H,38,40)/t17-,25-,26+,27+,28-/m0/s1. The van der Waals surface area contributed by atoms with Crippen LogP contribution in [0.3, 0.4) is 0 Å². The summed E-state index contributed by atoms with van der Waals surface area (Å²) in [6, 6.07) is 13.4. The summed E-state index contributed by atoms with van der Waals surface area (Å²) in [5, 5.41) is 4.18. The predicted octanol–water partition coefficient (Wildman–Crippen LogP) is 6.83. The van der Waals surface area contributed by atoms with Gasteiger partial charge in [0.1, 0.15) is 30.4 Å². The molecule has 3 aromatic carbocycles. The van der Waals surface area contributed by atoms with E-state index in [1.165, 1.54) is 25.6 Å². The van der Waals surface area contributed by atoms with Gasteiger partial charge in [0.25, 0.3) is 0 Å². The molecule has 1 fully saturated rings. The van der Waals surface area contributed by atoms with Crippen molar-refractivity contribution in [3.8, 4) is 11.4 Å². The van der Waals surface area contributed by atoms with Crippen molar-refractivity contribution in [2.24, 2.45) is 0 Å². The zero-order chi connectivity index (χ0) is 33.2. The fourth-order valence-electron chi connectivity index (χ4n) is 5.31. The zero-order valence-electron chi connectivity index (χ0n) is 25.2. The van der Waals surface area contributed by atoms with Crippen molar-refractivity contribution in [3.05, 3.63) is 60.9 Å². The van der Waals surface area contributed by atoms with Crippen LogP contribution in [0.4, 0.5) is 32.4 Å². The number of nitrogens with one attached hydrogen (secondary N) is 1. The van der Waals surface area contributed by atoms with Crippen LogP contribution in [0, 0.1) is 0 Å². The monoisotopic (exact) mass is 653 g/mol. The lowest BCUT2D eigenvalue weighted by Crippen LogP contribution is -2.60. The number of anilines is 1. The molecule has 0 spiro atoms. The van der Waals surface area contributed by atoms with Crippen LogP contribution in [-0.4, -0.2) is 79.5 Å². The van der Waals surface area contributed by atoms with E-state index in [0.717, 1.165) is 29.3 Å². The molecule has 0 saturated carbocycles. The molecule has 1 saturated heterocycles. The van der Waals surface area contributed by atoms with Crippen molar-refractivity contribution in [2.75, 3.05) is 26.1 Å². The van der Waals surface area contributed by atoms with Gasteiger partial charge in [0.15, 0.2) is 0 Å². The van der Waals surface area contributed by atoms with Gasteiger partial charge < -0.3 is 28.4 Å². The highest BCUT2D eigenvalue weighted by molar-refractivity contribution is 6.06. The topological polar surface area (TPSA) is 102 Å². The molecule has 1 N–H and O–H groups in total. The van der Waals surface area contributed by atoms with Crippen LogP contribution < -0.4 is 10.1 Å². The van der Waals surface area contributed by atoms with E-state index in [1.54, 1.807) is 48.9 Å². The molecule has 0 unspecified atom stereocenters. The van der Waals surface area contributed by atoms with E-state index >= 15 is 0 Å². The van der Waals surface area contributed by atoms with Crippen molar-refractivity contribution in [1.82, 2.24) is 9.55 Å². The SMILES string of the molecule is CCCO[C@@H]1[C@@H](OC)[C@H](C)O[C@@H](OC(=O)Nc2ccc3c(ccc4c3ncn4-c3ccc(OC(F)(F)C(F)(F)F)cc3)c2)[C@@H]1OC. The average Bonchev–Trinajstić information content (AvgIpc) is 3.44. The predicted molar refractivity (Wildman–Crippen MR) is 156 cm³/mol. The summed E-state index contributed by atoms with van der Waals surface area (Å²) in [7, 11) is 3.02. The Labute approximate surface area is 260 Å². The molecule has 46 heavy (non-hydrogen) atoms. The van der Waals surface area contributed by atoms with Gasteiger partial charge in [-0.2, -0.15) is 22.0 Å². The maximum atomic E-state index is 13.3. The van der Waals surface area contributed by atoms with E-state index in [2.05, 4.69) is 15.0 Å². The van der Waals surface area contributed by atoms with Gasteiger partial charge in [-0.1, -0.05) is 19.1 Å². The second-order valence-corrected chi connectivity index (χ2v) is 10.6. The number of carbonyl (C=O) groups excluding carboxylic acids is 1. The molecule has 4 aromatic rings. The van der Waals surface area contributed by atoms with Crippen LogP contribution >= 0.6 is 0 Å². The molecule has 0 radical (unpaired) electrons. The first-order chi connectivity index (χ1) is 21.9. The minimum atomic E-state index is -5.85. The second kappa shape index (κ2) is 13.4. The number of carbonyl (C=O) groups is 1. The molecule has 0 bridgehead atoms. The van der Waals surface area contributed by atoms with Crippen LogP contribution in [0.25, 0.3) is 27.5 Å². The fraction of sp³-hybridized carbons (Fsp3) is 0.419. The number of amides is 1. The lowest BCUT2D eigenvalue weighted by molar-refractivity contribution is -0.360. The van der Waals surface area contributed by atoms with E-state index < -0.39 is 54.8 Å². The Morgan fingerprint density at radius 1 is 0.978 bits per heavy atom. The third kappa shape index (κ3) is 6.72. The number of aromatic nitrogens is 2. The van der Waals surface area contributed by atoms with E-state index in [-0.39, 0.29) is 0 Å². The zero-order valence-corrected chi connectivity index (χ0v) is 25.2. The van der Waals surface area contributed by atoms with Gasteiger partial charge in [-0.15, -0.1) is 0 Å². The number of imidazole rings is 1. The number of benzene rings is 3. The molecule has 248 valence electrons. The van der Waals surface area contributed by atoms with Gasteiger partial charge in [-0.05, 0) is 61.2 Å². The Morgan fingerprint density at radius 2 is 1.70 bits per heavy atom. The van der Waals surface area contributed by atoms with E-state index in [0.29, 0.717) is 29.0 Å². The van der Waals surface area contributed by atoms with Crippen LogP contribution in [-0.2, 0) is 23.7 Å². The lowest BCUT2D eigenvalue weighted by atomic mass is 9.99. The number of hydrogen-bond donors (Lipinski definition) is 1. The number of alkyl halides is 5. The summed E-state index contributed by atoms with van der Waals surface area (Å²) in [6.07, 6.45) is -12.8. The van der Waals surface area contributed by atoms with E-state index in [1.807, 2.05) is 6.92 Å². The maximum absolute atomic E-state index is 13.3. The van der Waals surface area contributed by atoms with E-state index in [9.17, 15) is 26.7 Å². The van der Waals surface area contributed by atoms with Crippen molar-refractivity contribution in [2.45, 2.75) is 63.3 Å². The summed E-state index contributed by atoms with van der Waals surface area (Å²) < 4.78 is 98.1. The van der Waals surface area contributed by atoms with Gasteiger partial charge in [0.2, 0.25) is 6.29 Å². The first kappa shape index (κ1) is 33.3. The first-order valence-corrected chi connectivity index (χ1v) is 14.3. The van der Waals surface area contributed by atoms with Crippen LogP contribution in [0.5, 0.6) is 5.75 Å². The minimum absolute atomic E-state index is 0.426. The van der Waals surface area contributed by atoms with Gasteiger partial charge in [0.05, 0.1) is 17.1 Å². The fourth-order valence-corrected chi connectivity index (χ4v) is 5.31. The highest BCUT2D eigenvalue weighted by Gasteiger charge is 2.61. The van der Waals surface area contributed by atoms with Gasteiger partial charge in [-0.25, -0.2) is 9.78 Å². The number of nitrogens with zero attached hydrogens (tertiary/aromatic N) is 2. The third-order valence-electron chi connectivity index (χ3n) is 7.48. The van der Waals surface area contributed by atoms with Crippen molar-refractivity contribution in [3.63, 3.8) is 0 Å². The Hall–Kier alpha value is -4.05. The Balaban J connectivity index is 1.30. The Bertz CT molecular complexity index is 1660. The molecule has 1 aliphatic heterocycles. The highest BCUT2D eigenvalue weighted by Crippen LogP contribution is 2.38. The summed E-state index contributed by atoms with van der Waals surface area (Å²) in [6.45, 7) is 4.24. The molecule has 15 heteroatoms. The van der Waals surface area contributed by atoms with Gasteiger partial charge in [0, 0.05) is 37.6 Å². The summed E-state index contributed by atoms with van der Waals surface area (Å²) in [5.41, 5.74) is 2.13. The molecule has 0 aliphatic carbocycles. The number of fused-ring (bicyclic) bond motifs is 3. The molecule has 10 nitrogen and oxygen atoms in total. The normalized spacial score (nSPS) is 22.2. The van der Waals surface area contributed by atoms with Crippen molar-refractivity contribution >= 4 is 33.6 Å². The summed E-state index contributed by atoms with van der Waals surface area (Å²) in [5.74, 6) is -0.648. The number of ether oxygens (including phenoxy) is 6. The van der Waals surface area contributed by atoms with Crippen molar-refractivity contribution in [1.29, 1.82) is 0 Å². The van der Waals surface area contributed by atoms with Crippen LogP contribution in [0.15, 0.2) is 60.9 Å². The maximum Gasteiger partial charge on any atom is 0.499 e. The highest BCUT2D eigenvalue weighted by atomic mass is 19.4. The first-order valence-electron chi connectivity index (χ1n) is 14.3. The second-order valence-electron chi connectivity index (χ2n) is 10.6. The summed E-state index contributed by atoms with van der Waals surface area (Å²) >= 11 is 0. The van der Waals surface area contributed by atoms with Crippen LogP contribution in [0.1, 0.15) is 20.3 Å². The quantitative estimate of drug-likeness (QED) is 0.186. The summed E-state index contributed by atoms with van der Waals surface area (Å²) in [4.78, 5) is 17.4. The molecule has 5 rings (SSSR count). The molecular weight excluding hydrogens is 621 g/mol. The average molecular weight is 654 g/mol. The number of rotatable bonds is 10. The third-order valence-corrected chi connectivity index (χ3v) is 7.48. The van der Waals surface area contributed by atoms with Crippen LogP contribution in [0.2, 0.25) is 0 Å². The Kier molecular flexibility index (Phi) is 9.67. The number of halogens is 5. The molecule has 1 aliphatic rings. The molecule has 1 aromatic heterocycles. The smallest absolute Gasteiger partial charge is 0.426 e. The van der Waals surface area contributed by atoms with Gasteiger partial charge >= 0.3 is 18.4 Å². The van der Waals surface area contributed by atoms with E-state index in [4.69, 9.17) is 23.7 Å².